The Kier molecular flexibility index (Phi) is 5.25. The summed E-state index contributed by atoms with van der Waals surface area (Å²) in [5, 5.41) is 0. The number of hydrogen-bond acceptors (Lipinski definition) is 2. The minimum atomic E-state index is -5.55. The lowest BCUT2D eigenvalue weighted by Gasteiger charge is -2.46. The van der Waals surface area contributed by atoms with E-state index in [-0.39, 0.29) is 5.92 Å². The average Bonchev–Trinajstić information content (AvgIpc) is 2.25. The van der Waals surface area contributed by atoms with Crippen LogP contribution in [0.2, 0.25) is 0 Å². The van der Waals surface area contributed by atoms with Crippen LogP contribution in [0.5, 0.6) is 0 Å². The summed E-state index contributed by atoms with van der Waals surface area (Å²) in [5.74, 6) is -0.356. The van der Waals surface area contributed by atoms with Gasteiger partial charge in [-0.3, -0.25) is 0 Å². The number of hydrogen-bond donors (Lipinski definition) is 0. The molecule has 0 unspecified atom stereocenters. The molecule has 0 N–H and O–H groups in total. The molecule has 1 saturated heterocycles. The fourth-order valence-electron chi connectivity index (χ4n) is 2.55. The molecule has 0 aromatic heterocycles. The zero-order valence-corrected chi connectivity index (χ0v) is 12.2. The highest BCUT2D eigenvalue weighted by atomic mass is 19.4. The second-order valence-electron chi connectivity index (χ2n) is 6.29. The van der Waals surface area contributed by atoms with E-state index in [1.54, 1.807) is 0 Å². The van der Waals surface area contributed by atoms with Gasteiger partial charge in [0.2, 0.25) is 0 Å². The zero-order chi connectivity index (χ0) is 16.5. The molecule has 1 fully saturated rings. The van der Waals surface area contributed by atoms with Crippen molar-refractivity contribution in [3.05, 3.63) is 0 Å². The van der Waals surface area contributed by atoms with Crippen LogP contribution in [0.1, 0.15) is 33.6 Å². The van der Waals surface area contributed by atoms with Crippen LogP contribution < -0.4 is 0 Å². The van der Waals surface area contributed by atoms with Crippen LogP contribution in [0.3, 0.4) is 0 Å². The largest absolute Gasteiger partial charge is 0.427 e. The van der Waals surface area contributed by atoms with E-state index in [4.69, 9.17) is 4.74 Å². The second kappa shape index (κ2) is 5.95. The van der Waals surface area contributed by atoms with Crippen LogP contribution >= 0.6 is 0 Å². The Morgan fingerprint density at radius 3 is 1.67 bits per heavy atom. The van der Waals surface area contributed by atoms with Crippen molar-refractivity contribution in [1.82, 2.24) is 0 Å². The van der Waals surface area contributed by atoms with Crippen molar-refractivity contribution < 1.29 is 35.8 Å². The molecule has 0 amide bonds. The summed E-state index contributed by atoms with van der Waals surface area (Å²) >= 11 is 0. The van der Waals surface area contributed by atoms with Crippen LogP contribution in [-0.2, 0) is 9.47 Å². The third kappa shape index (κ3) is 3.64. The van der Waals surface area contributed by atoms with Gasteiger partial charge in [0, 0.05) is 18.6 Å². The first kappa shape index (κ1) is 18.5. The van der Waals surface area contributed by atoms with Gasteiger partial charge in [-0.05, 0) is 18.8 Å². The summed E-state index contributed by atoms with van der Waals surface area (Å²) in [4.78, 5) is 0. The average molecular weight is 322 g/mol. The van der Waals surface area contributed by atoms with Gasteiger partial charge in [-0.25, -0.2) is 0 Å². The lowest BCUT2D eigenvalue weighted by atomic mass is 9.74. The normalized spacial score (nSPS) is 19.9. The molecule has 1 aliphatic rings. The van der Waals surface area contributed by atoms with Gasteiger partial charge in [-0.15, -0.1) is 0 Å². The van der Waals surface area contributed by atoms with Crippen molar-refractivity contribution in [3.63, 3.8) is 0 Å². The molecule has 8 heteroatoms. The predicted molar refractivity (Wildman–Crippen MR) is 63.8 cm³/mol. The van der Waals surface area contributed by atoms with Gasteiger partial charge in [0.1, 0.15) is 0 Å². The molecule has 0 bridgehead atoms. The molecule has 0 aromatic rings. The van der Waals surface area contributed by atoms with Crippen molar-refractivity contribution in [2.24, 2.45) is 11.3 Å². The van der Waals surface area contributed by atoms with E-state index in [0.717, 1.165) is 20.8 Å². The van der Waals surface area contributed by atoms with Gasteiger partial charge in [0.05, 0.1) is 6.61 Å². The number of alkyl halides is 6. The summed E-state index contributed by atoms with van der Waals surface area (Å²) in [6, 6.07) is 0. The van der Waals surface area contributed by atoms with Crippen molar-refractivity contribution in [2.45, 2.75) is 51.6 Å². The maximum atomic E-state index is 13.3. The van der Waals surface area contributed by atoms with Crippen LogP contribution in [0.4, 0.5) is 26.3 Å². The topological polar surface area (TPSA) is 18.5 Å². The smallest absolute Gasteiger partial charge is 0.381 e. The SMILES string of the molecule is CC(C)(C)C(OCC1CCOCC1)(C(F)(F)F)C(F)(F)F. The Labute approximate surface area is 119 Å². The summed E-state index contributed by atoms with van der Waals surface area (Å²) in [6.45, 7) is 2.73. The van der Waals surface area contributed by atoms with E-state index >= 15 is 0 Å². The highest BCUT2D eigenvalue weighted by Gasteiger charge is 2.77. The Balaban J connectivity index is 3.06. The van der Waals surface area contributed by atoms with Crippen LogP contribution in [0, 0.1) is 11.3 Å². The molecule has 0 saturated carbocycles. The molecule has 0 spiro atoms. The quantitative estimate of drug-likeness (QED) is 0.720. The molecule has 21 heavy (non-hydrogen) atoms. The lowest BCUT2D eigenvalue weighted by molar-refractivity contribution is -0.412. The van der Waals surface area contributed by atoms with E-state index in [1.165, 1.54) is 0 Å². The second-order valence-corrected chi connectivity index (χ2v) is 6.29. The fourth-order valence-corrected chi connectivity index (χ4v) is 2.55. The van der Waals surface area contributed by atoms with E-state index in [9.17, 15) is 26.3 Å². The molecular formula is C13H20F6O2. The maximum absolute atomic E-state index is 13.3. The monoisotopic (exact) mass is 322 g/mol. The molecule has 2 nitrogen and oxygen atoms in total. The Morgan fingerprint density at radius 1 is 0.905 bits per heavy atom. The predicted octanol–water partition coefficient (Wildman–Crippen LogP) is 4.34. The Hall–Kier alpha value is -0.500. The van der Waals surface area contributed by atoms with E-state index < -0.39 is 30.0 Å². The third-order valence-corrected chi connectivity index (χ3v) is 3.73. The van der Waals surface area contributed by atoms with E-state index in [1.807, 2.05) is 0 Å². The summed E-state index contributed by atoms with van der Waals surface area (Å²) < 4.78 is 89.1. The van der Waals surface area contributed by atoms with Crippen molar-refractivity contribution in [2.75, 3.05) is 19.8 Å². The molecule has 0 aliphatic carbocycles. The minimum absolute atomic E-state index is 0.328. The van der Waals surface area contributed by atoms with Gasteiger partial charge in [-0.2, -0.15) is 26.3 Å². The highest BCUT2D eigenvalue weighted by Crippen LogP contribution is 2.55. The minimum Gasteiger partial charge on any atom is -0.381 e. The van der Waals surface area contributed by atoms with Crippen molar-refractivity contribution >= 4 is 0 Å². The zero-order valence-electron chi connectivity index (χ0n) is 12.2. The third-order valence-electron chi connectivity index (χ3n) is 3.73. The summed E-state index contributed by atoms with van der Waals surface area (Å²) in [5.41, 5.74) is -6.35. The summed E-state index contributed by atoms with van der Waals surface area (Å²) in [6.07, 6.45) is -10.3. The molecule has 0 atom stereocenters. The standard InChI is InChI=1S/C13H20F6O2/c1-10(2,3)11(12(14,15)16,13(17,18)19)21-8-9-4-6-20-7-5-9/h9H,4-8H2,1-3H3. The van der Waals surface area contributed by atoms with Gasteiger partial charge >= 0.3 is 12.4 Å². The maximum Gasteiger partial charge on any atom is 0.427 e. The number of rotatable bonds is 3. The highest BCUT2D eigenvalue weighted by molar-refractivity contribution is 5.04. The molecule has 0 aromatic carbocycles. The first-order chi connectivity index (χ1) is 9.33. The van der Waals surface area contributed by atoms with Gasteiger partial charge in [0.15, 0.2) is 0 Å². The first-order valence-electron chi connectivity index (χ1n) is 6.68. The molecule has 1 aliphatic heterocycles. The first-order valence-corrected chi connectivity index (χ1v) is 6.68. The van der Waals surface area contributed by atoms with Crippen LogP contribution in [-0.4, -0.2) is 37.8 Å². The lowest BCUT2D eigenvalue weighted by Crippen LogP contribution is -2.66. The van der Waals surface area contributed by atoms with Crippen LogP contribution in [0.25, 0.3) is 0 Å². The molecule has 1 heterocycles. The molecule has 0 radical (unpaired) electrons. The van der Waals surface area contributed by atoms with Gasteiger partial charge in [-0.1, -0.05) is 20.8 Å². The molecular weight excluding hydrogens is 302 g/mol. The van der Waals surface area contributed by atoms with Crippen molar-refractivity contribution in [1.29, 1.82) is 0 Å². The van der Waals surface area contributed by atoms with Crippen molar-refractivity contribution in [3.8, 4) is 0 Å². The van der Waals surface area contributed by atoms with E-state index in [2.05, 4.69) is 4.74 Å². The Bertz CT molecular complexity index is 300. The van der Waals surface area contributed by atoms with Gasteiger partial charge < -0.3 is 9.47 Å². The van der Waals surface area contributed by atoms with E-state index in [0.29, 0.717) is 26.1 Å². The summed E-state index contributed by atoms with van der Waals surface area (Å²) in [7, 11) is 0. The number of halogens is 6. The van der Waals surface area contributed by atoms with Crippen LogP contribution in [0.15, 0.2) is 0 Å². The molecule has 1 rings (SSSR count). The fraction of sp³-hybridized carbons (Fsp3) is 1.00. The Morgan fingerprint density at radius 2 is 1.33 bits per heavy atom. The molecule has 126 valence electrons. The number of ether oxygens (including phenoxy) is 2. The van der Waals surface area contributed by atoms with Gasteiger partial charge in [0.25, 0.3) is 5.60 Å².